The normalized spacial score (nSPS) is 12.0. The highest BCUT2D eigenvalue weighted by atomic mass is 16.5. The summed E-state index contributed by atoms with van der Waals surface area (Å²) in [6, 6.07) is 9.47. The maximum absolute atomic E-state index is 12.9. The summed E-state index contributed by atoms with van der Waals surface area (Å²) in [5.41, 5.74) is 1.33. The molecule has 8 nitrogen and oxygen atoms in total. The second-order valence-corrected chi connectivity index (χ2v) is 8.37. The van der Waals surface area contributed by atoms with Crippen molar-refractivity contribution in [3.63, 3.8) is 0 Å². The molecule has 174 valence electrons. The average Bonchev–Trinajstić information content (AvgIpc) is 2.76. The van der Waals surface area contributed by atoms with Gasteiger partial charge in [0, 0.05) is 12.2 Å². The first-order chi connectivity index (χ1) is 15.1. The van der Waals surface area contributed by atoms with Crippen molar-refractivity contribution in [2.45, 2.75) is 59.5 Å². The fourth-order valence-electron chi connectivity index (χ4n) is 3.24. The van der Waals surface area contributed by atoms with Crippen molar-refractivity contribution in [3.8, 4) is 0 Å². The SMILES string of the molecule is CCCCN(C(=O)Nc1cc2ccccc2cc1C)C(=O)N(O)C(=O)[C@@H](O)CCC(C)C. The first-order valence-electron chi connectivity index (χ1n) is 11.0. The van der Waals surface area contributed by atoms with Crippen LogP contribution in [-0.4, -0.2) is 50.9 Å². The number of nitrogens with zero attached hydrogens (tertiary/aromatic N) is 2. The number of hydrogen-bond acceptors (Lipinski definition) is 5. The van der Waals surface area contributed by atoms with E-state index in [0.717, 1.165) is 21.2 Å². The molecule has 0 fully saturated rings. The first kappa shape index (κ1) is 25.3. The lowest BCUT2D eigenvalue weighted by Crippen LogP contribution is -2.51. The predicted octanol–water partition coefficient (Wildman–Crippen LogP) is 4.92. The second kappa shape index (κ2) is 11.6. The lowest BCUT2D eigenvalue weighted by atomic mass is 10.0. The van der Waals surface area contributed by atoms with Crippen LogP contribution in [0.25, 0.3) is 10.8 Å². The van der Waals surface area contributed by atoms with E-state index in [9.17, 15) is 24.7 Å². The molecular weight excluding hydrogens is 410 g/mol. The topological polar surface area (TPSA) is 110 Å². The highest BCUT2D eigenvalue weighted by Crippen LogP contribution is 2.24. The summed E-state index contributed by atoms with van der Waals surface area (Å²) in [4.78, 5) is 38.8. The van der Waals surface area contributed by atoms with Crippen LogP contribution in [0.4, 0.5) is 15.3 Å². The summed E-state index contributed by atoms with van der Waals surface area (Å²) < 4.78 is 0. The highest BCUT2D eigenvalue weighted by Gasteiger charge is 2.33. The number of fused-ring (bicyclic) bond motifs is 1. The number of hydroxylamine groups is 2. The first-order valence-corrected chi connectivity index (χ1v) is 11.0. The molecule has 0 heterocycles. The summed E-state index contributed by atoms with van der Waals surface area (Å²) in [5.74, 6) is -0.899. The molecule has 0 aromatic heterocycles. The number of carbonyl (C=O) groups excluding carboxylic acids is 3. The van der Waals surface area contributed by atoms with Crippen LogP contribution >= 0.6 is 0 Å². The zero-order valence-corrected chi connectivity index (χ0v) is 19.2. The van der Waals surface area contributed by atoms with E-state index in [1.807, 2.05) is 64.1 Å². The van der Waals surface area contributed by atoms with Gasteiger partial charge < -0.3 is 10.4 Å². The summed E-state index contributed by atoms with van der Waals surface area (Å²) in [6.45, 7) is 7.62. The van der Waals surface area contributed by atoms with Gasteiger partial charge in [-0.25, -0.2) is 14.5 Å². The standard InChI is InChI=1S/C24H33N3O5/c1-5-6-13-26(24(31)27(32)22(29)21(28)12-11-16(2)3)23(30)25-20-15-19-10-8-7-9-18(19)14-17(20)4/h7-10,14-16,21,28,32H,5-6,11-13H2,1-4H3,(H,25,30)/t21-/m0/s1. The van der Waals surface area contributed by atoms with Gasteiger partial charge in [0.25, 0.3) is 5.91 Å². The largest absolute Gasteiger partial charge is 0.383 e. The number of rotatable bonds is 8. The summed E-state index contributed by atoms with van der Waals surface area (Å²) in [6.07, 6.45) is 0.329. The van der Waals surface area contributed by atoms with E-state index in [1.165, 1.54) is 0 Å². The molecule has 32 heavy (non-hydrogen) atoms. The Bertz CT molecular complexity index is 960. The molecule has 3 N–H and O–H groups in total. The van der Waals surface area contributed by atoms with Crippen LogP contribution in [0.3, 0.4) is 0 Å². The van der Waals surface area contributed by atoms with Crippen molar-refractivity contribution < 1.29 is 24.7 Å². The molecule has 0 aliphatic carbocycles. The van der Waals surface area contributed by atoms with E-state index in [2.05, 4.69) is 5.32 Å². The van der Waals surface area contributed by atoms with Crippen molar-refractivity contribution in [1.82, 2.24) is 9.96 Å². The van der Waals surface area contributed by atoms with E-state index >= 15 is 0 Å². The minimum atomic E-state index is -1.52. The van der Waals surface area contributed by atoms with Gasteiger partial charge in [-0.1, -0.05) is 51.5 Å². The number of unbranched alkanes of at least 4 members (excludes halogenated alkanes) is 1. The smallest absolute Gasteiger partial charge is 0.359 e. The Labute approximate surface area is 188 Å². The van der Waals surface area contributed by atoms with Crippen LogP contribution in [0.5, 0.6) is 0 Å². The molecule has 0 aliphatic rings. The molecule has 0 bridgehead atoms. The number of hydrogen-bond donors (Lipinski definition) is 3. The molecule has 8 heteroatoms. The molecule has 0 saturated carbocycles. The zero-order valence-electron chi connectivity index (χ0n) is 19.2. The quantitative estimate of drug-likeness (QED) is 0.396. The molecular formula is C24H33N3O5. The molecule has 0 spiro atoms. The highest BCUT2D eigenvalue weighted by molar-refractivity contribution is 6.06. The Kier molecular flexibility index (Phi) is 9.16. The van der Waals surface area contributed by atoms with Crippen LogP contribution in [-0.2, 0) is 4.79 Å². The van der Waals surface area contributed by atoms with Crippen LogP contribution in [0, 0.1) is 12.8 Å². The van der Waals surface area contributed by atoms with Crippen LogP contribution in [0.2, 0.25) is 0 Å². The Morgan fingerprint density at radius 3 is 2.28 bits per heavy atom. The van der Waals surface area contributed by atoms with Gasteiger partial charge in [0.2, 0.25) is 0 Å². The van der Waals surface area contributed by atoms with Crippen LogP contribution in [0.15, 0.2) is 36.4 Å². The van der Waals surface area contributed by atoms with Crippen molar-refractivity contribution in [2.75, 3.05) is 11.9 Å². The van der Waals surface area contributed by atoms with E-state index < -0.39 is 24.1 Å². The number of amides is 5. The minimum Gasteiger partial charge on any atom is -0.383 e. The maximum atomic E-state index is 12.9. The third kappa shape index (κ3) is 6.51. The molecule has 5 amide bonds. The molecule has 2 aromatic carbocycles. The Morgan fingerprint density at radius 2 is 1.69 bits per heavy atom. The molecule has 0 unspecified atom stereocenters. The monoisotopic (exact) mass is 443 g/mol. The minimum absolute atomic E-state index is 0.0141. The average molecular weight is 444 g/mol. The van der Waals surface area contributed by atoms with E-state index in [-0.39, 0.29) is 23.9 Å². The third-order valence-corrected chi connectivity index (χ3v) is 5.24. The number of carbonyl (C=O) groups is 3. The number of aryl methyl sites for hydroxylation is 1. The molecule has 0 saturated heterocycles. The predicted molar refractivity (Wildman–Crippen MR) is 123 cm³/mol. The summed E-state index contributed by atoms with van der Waals surface area (Å²) in [5, 5.41) is 24.7. The van der Waals surface area contributed by atoms with Gasteiger partial charge >= 0.3 is 12.1 Å². The van der Waals surface area contributed by atoms with E-state index in [0.29, 0.717) is 24.9 Å². The van der Waals surface area contributed by atoms with Gasteiger partial charge in [-0.05, 0) is 60.6 Å². The van der Waals surface area contributed by atoms with Gasteiger partial charge in [-0.3, -0.25) is 10.0 Å². The zero-order chi connectivity index (χ0) is 23.8. The van der Waals surface area contributed by atoms with Crippen LogP contribution in [0.1, 0.15) is 52.0 Å². The fraction of sp³-hybridized carbons (Fsp3) is 0.458. The Balaban J connectivity index is 2.19. The molecule has 2 rings (SSSR count). The van der Waals surface area contributed by atoms with Gasteiger partial charge in [0.1, 0.15) is 6.10 Å². The van der Waals surface area contributed by atoms with Crippen molar-refractivity contribution in [1.29, 1.82) is 0 Å². The number of aliphatic hydroxyl groups is 1. The number of imide groups is 2. The second-order valence-electron chi connectivity index (χ2n) is 8.37. The van der Waals surface area contributed by atoms with Gasteiger partial charge in [0.05, 0.1) is 0 Å². The molecule has 0 aliphatic heterocycles. The lowest BCUT2D eigenvalue weighted by Gasteiger charge is -2.26. The Morgan fingerprint density at radius 1 is 1.06 bits per heavy atom. The molecule has 0 radical (unpaired) electrons. The van der Waals surface area contributed by atoms with E-state index in [4.69, 9.17) is 0 Å². The maximum Gasteiger partial charge on any atom is 0.359 e. The lowest BCUT2D eigenvalue weighted by molar-refractivity contribution is -0.163. The van der Waals surface area contributed by atoms with Gasteiger partial charge in [0.15, 0.2) is 0 Å². The van der Waals surface area contributed by atoms with Crippen molar-refractivity contribution in [3.05, 3.63) is 42.0 Å². The van der Waals surface area contributed by atoms with Crippen molar-refractivity contribution >= 4 is 34.4 Å². The molecule has 2 aromatic rings. The number of urea groups is 2. The summed E-state index contributed by atoms with van der Waals surface area (Å²) in [7, 11) is 0. The Hall–Kier alpha value is -2.97. The third-order valence-electron chi connectivity index (χ3n) is 5.24. The number of aliphatic hydroxyl groups excluding tert-OH is 1. The van der Waals surface area contributed by atoms with Gasteiger partial charge in [-0.15, -0.1) is 5.06 Å². The van der Waals surface area contributed by atoms with E-state index in [1.54, 1.807) is 0 Å². The van der Waals surface area contributed by atoms with Gasteiger partial charge in [-0.2, -0.15) is 0 Å². The van der Waals surface area contributed by atoms with Crippen molar-refractivity contribution in [2.24, 2.45) is 5.92 Å². The fourth-order valence-corrected chi connectivity index (χ4v) is 3.24. The van der Waals surface area contributed by atoms with Crippen LogP contribution < -0.4 is 5.32 Å². The number of benzene rings is 2. The molecule has 1 atom stereocenters. The number of nitrogens with one attached hydrogen (secondary N) is 1. The number of anilines is 1. The summed E-state index contributed by atoms with van der Waals surface area (Å²) >= 11 is 0.